The zero-order valence-corrected chi connectivity index (χ0v) is 11.8. The van der Waals surface area contributed by atoms with Gasteiger partial charge in [0, 0.05) is 15.4 Å². The summed E-state index contributed by atoms with van der Waals surface area (Å²) in [6.07, 6.45) is 6.59. The third-order valence-corrected chi connectivity index (χ3v) is 3.60. The second-order valence-corrected chi connectivity index (χ2v) is 5.03. The third-order valence-electron chi connectivity index (χ3n) is 2.00. The molecule has 0 atom stereocenters. The normalized spacial score (nSPS) is 14.9. The molecule has 0 N–H and O–H groups in total. The number of allylic oxidation sites excluding steroid dienone is 4. The second kappa shape index (κ2) is 6.23. The van der Waals surface area contributed by atoms with Crippen molar-refractivity contribution in [2.45, 2.75) is 33.6 Å². The standard InChI is InChI=1S/C10H10BrNS.C2H6/c1-7-12-10(6-13-7)8-4-2-3-5-9(8)11;1-2/h2,4,6H,3,5H2,1H3;1-2H3. The molecule has 0 unspecified atom stereocenters. The molecule has 1 aromatic heterocycles. The molecular formula is C12H16BrNS. The van der Waals surface area contributed by atoms with Gasteiger partial charge in [-0.1, -0.05) is 41.9 Å². The lowest BCUT2D eigenvalue weighted by Crippen LogP contribution is -1.89. The predicted octanol–water partition coefficient (Wildman–Crippen LogP) is 4.93. The quantitative estimate of drug-likeness (QED) is 0.713. The molecule has 0 fully saturated rings. The summed E-state index contributed by atoms with van der Waals surface area (Å²) in [7, 11) is 0. The van der Waals surface area contributed by atoms with E-state index < -0.39 is 0 Å². The van der Waals surface area contributed by atoms with Crippen molar-refractivity contribution in [3.8, 4) is 0 Å². The zero-order chi connectivity index (χ0) is 11.3. The highest BCUT2D eigenvalue weighted by molar-refractivity contribution is 9.11. The molecule has 0 saturated carbocycles. The van der Waals surface area contributed by atoms with E-state index in [0.29, 0.717) is 0 Å². The van der Waals surface area contributed by atoms with Crippen LogP contribution in [0.3, 0.4) is 0 Å². The lowest BCUT2D eigenvalue weighted by Gasteiger charge is -2.08. The smallest absolute Gasteiger partial charge is 0.0901 e. The lowest BCUT2D eigenvalue weighted by atomic mass is 10.1. The highest BCUT2D eigenvalue weighted by Gasteiger charge is 2.09. The van der Waals surface area contributed by atoms with Gasteiger partial charge in [0.1, 0.15) is 0 Å². The maximum atomic E-state index is 4.46. The van der Waals surface area contributed by atoms with Gasteiger partial charge in [0.05, 0.1) is 10.7 Å². The van der Waals surface area contributed by atoms with Crippen LogP contribution in [0.4, 0.5) is 0 Å². The van der Waals surface area contributed by atoms with Crippen LogP contribution in [0.25, 0.3) is 5.57 Å². The van der Waals surface area contributed by atoms with Gasteiger partial charge in [0.15, 0.2) is 0 Å². The molecular weight excluding hydrogens is 270 g/mol. The maximum absolute atomic E-state index is 4.46. The fourth-order valence-electron chi connectivity index (χ4n) is 1.35. The highest BCUT2D eigenvalue weighted by Crippen LogP contribution is 2.31. The molecule has 1 nitrogen and oxygen atoms in total. The van der Waals surface area contributed by atoms with Crippen molar-refractivity contribution in [3.05, 3.63) is 32.7 Å². The SMILES string of the molecule is CC.Cc1nc(C2=C(Br)CCC=C2)cs1. The Labute approximate surface area is 104 Å². The van der Waals surface area contributed by atoms with E-state index in [9.17, 15) is 0 Å². The average molecular weight is 286 g/mol. The highest BCUT2D eigenvalue weighted by atomic mass is 79.9. The van der Waals surface area contributed by atoms with Gasteiger partial charge in [0.25, 0.3) is 0 Å². The lowest BCUT2D eigenvalue weighted by molar-refractivity contribution is 1.03. The Hall–Kier alpha value is -0.410. The van der Waals surface area contributed by atoms with Crippen LogP contribution in [-0.4, -0.2) is 4.98 Å². The second-order valence-electron chi connectivity index (χ2n) is 3.01. The van der Waals surface area contributed by atoms with Crippen LogP contribution in [0.15, 0.2) is 22.0 Å². The molecule has 0 radical (unpaired) electrons. The van der Waals surface area contributed by atoms with Gasteiger partial charge in [-0.3, -0.25) is 0 Å². The number of aryl methyl sites for hydroxylation is 1. The average Bonchev–Trinajstić information content (AvgIpc) is 2.68. The molecule has 1 aliphatic carbocycles. The molecule has 0 bridgehead atoms. The van der Waals surface area contributed by atoms with Crippen molar-refractivity contribution in [1.29, 1.82) is 0 Å². The molecule has 0 aliphatic heterocycles. The van der Waals surface area contributed by atoms with Crippen molar-refractivity contribution in [3.63, 3.8) is 0 Å². The fraction of sp³-hybridized carbons (Fsp3) is 0.417. The third kappa shape index (κ3) is 3.28. The topological polar surface area (TPSA) is 12.9 Å². The van der Waals surface area contributed by atoms with Crippen LogP contribution in [0, 0.1) is 6.92 Å². The van der Waals surface area contributed by atoms with Crippen molar-refractivity contribution in [2.24, 2.45) is 0 Å². The summed E-state index contributed by atoms with van der Waals surface area (Å²) in [4.78, 5) is 4.46. The van der Waals surface area contributed by atoms with Crippen molar-refractivity contribution < 1.29 is 0 Å². The molecule has 2 rings (SSSR count). The summed E-state index contributed by atoms with van der Waals surface area (Å²) in [5.74, 6) is 0. The summed E-state index contributed by atoms with van der Waals surface area (Å²) in [5, 5.41) is 3.24. The van der Waals surface area contributed by atoms with Gasteiger partial charge >= 0.3 is 0 Å². The maximum Gasteiger partial charge on any atom is 0.0901 e. The summed E-state index contributed by atoms with van der Waals surface area (Å²) < 4.78 is 1.28. The van der Waals surface area contributed by atoms with Crippen LogP contribution in [-0.2, 0) is 0 Å². The Kier molecular flexibility index (Phi) is 5.26. The van der Waals surface area contributed by atoms with E-state index in [1.807, 2.05) is 20.8 Å². The first-order valence-corrected chi connectivity index (χ1v) is 6.92. The number of nitrogens with zero attached hydrogens (tertiary/aromatic N) is 1. The zero-order valence-electron chi connectivity index (χ0n) is 9.38. The Morgan fingerprint density at radius 1 is 1.40 bits per heavy atom. The fourth-order valence-corrected chi connectivity index (χ4v) is 2.52. The van der Waals surface area contributed by atoms with E-state index in [-0.39, 0.29) is 0 Å². The van der Waals surface area contributed by atoms with Gasteiger partial charge in [-0.15, -0.1) is 11.3 Å². The summed E-state index contributed by atoms with van der Waals surface area (Å²) >= 11 is 5.29. The minimum absolute atomic E-state index is 1.10. The monoisotopic (exact) mass is 285 g/mol. The molecule has 0 saturated heterocycles. The Balaban J connectivity index is 0.000000531. The number of thiazole rings is 1. The van der Waals surface area contributed by atoms with Crippen LogP contribution in [0.2, 0.25) is 0 Å². The minimum atomic E-state index is 1.10. The molecule has 1 aliphatic rings. The first kappa shape index (κ1) is 12.7. The molecule has 15 heavy (non-hydrogen) atoms. The van der Waals surface area contributed by atoms with Gasteiger partial charge in [-0.05, 0) is 19.8 Å². The van der Waals surface area contributed by atoms with Crippen molar-refractivity contribution in [1.82, 2.24) is 4.98 Å². The number of aromatic nitrogens is 1. The van der Waals surface area contributed by atoms with E-state index in [2.05, 4.69) is 38.4 Å². The predicted molar refractivity (Wildman–Crippen MR) is 72.4 cm³/mol. The molecule has 0 aromatic carbocycles. The van der Waals surface area contributed by atoms with Crippen molar-refractivity contribution in [2.75, 3.05) is 0 Å². The first-order chi connectivity index (χ1) is 7.27. The first-order valence-electron chi connectivity index (χ1n) is 5.25. The largest absolute Gasteiger partial charge is 0.242 e. The number of halogens is 1. The number of rotatable bonds is 1. The minimum Gasteiger partial charge on any atom is -0.242 e. The van der Waals surface area contributed by atoms with E-state index >= 15 is 0 Å². The summed E-state index contributed by atoms with van der Waals surface area (Å²) in [6, 6.07) is 0. The van der Waals surface area contributed by atoms with E-state index in [1.165, 1.54) is 10.1 Å². The van der Waals surface area contributed by atoms with Gasteiger partial charge < -0.3 is 0 Å². The van der Waals surface area contributed by atoms with Crippen LogP contribution >= 0.6 is 27.3 Å². The Bertz CT molecular complexity index is 377. The molecule has 0 amide bonds. The van der Waals surface area contributed by atoms with Gasteiger partial charge in [-0.25, -0.2) is 4.98 Å². The Morgan fingerprint density at radius 2 is 2.13 bits per heavy atom. The van der Waals surface area contributed by atoms with Crippen LogP contribution in [0.1, 0.15) is 37.4 Å². The molecule has 3 heteroatoms. The summed E-state index contributed by atoms with van der Waals surface area (Å²) in [5.41, 5.74) is 2.35. The van der Waals surface area contributed by atoms with Gasteiger partial charge in [-0.2, -0.15) is 0 Å². The van der Waals surface area contributed by atoms with Gasteiger partial charge in [0.2, 0.25) is 0 Å². The van der Waals surface area contributed by atoms with Crippen LogP contribution < -0.4 is 0 Å². The molecule has 0 spiro atoms. The van der Waals surface area contributed by atoms with Crippen LogP contribution in [0.5, 0.6) is 0 Å². The van der Waals surface area contributed by atoms with E-state index in [0.717, 1.165) is 23.5 Å². The molecule has 1 heterocycles. The number of hydrogen-bond acceptors (Lipinski definition) is 2. The molecule has 1 aromatic rings. The Morgan fingerprint density at radius 3 is 2.67 bits per heavy atom. The summed E-state index contributed by atoms with van der Waals surface area (Å²) in [6.45, 7) is 6.04. The van der Waals surface area contributed by atoms with E-state index in [1.54, 1.807) is 11.3 Å². The van der Waals surface area contributed by atoms with Crippen molar-refractivity contribution >= 4 is 32.8 Å². The number of hydrogen-bond donors (Lipinski definition) is 0. The van der Waals surface area contributed by atoms with E-state index in [4.69, 9.17) is 0 Å². The molecule has 82 valence electrons.